The first kappa shape index (κ1) is 15.9. The van der Waals surface area contributed by atoms with Crippen LogP contribution in [0.4, 0.5) is 0 Å². The normalized spacial score (nSPS) is 22.0. The molecular formula is C14H30N2O2. The molecule has 0 saturated carbocycles. The summed E-state index contributed by atoms with van der Waals surface area (Å²) in [6.07, 6.45) is 5.98. The van der Waals surface area contributed by atoms with Crippen molar-refractivity contribution >= 4 is 0 Å². The van der Waals surface area contributed by atoms with Crippen LogP contribution in [0.3, 0.4) is 0 Å². The zero-order valence-corrected chi connectivity index (χ0v) is 12.0. The van der Waals surface area contributed by atoms with Gasteiger partial charge in [0.1, 0.15) is 0 Å². The van der Waals surface area contributed by atoms with E-state index in [-0.39, 0.29) is 6.61 Å². The minimum Gasteiger partial charge on any atom is -0.394 e. The van der Waals surface area contributed by atoms with Gasteiger partial charge in [0.2, 0.25) is 0 Å². The van der Waals surface area contributed by atoms with E-state index < -0.39 is 5.54 Å². The number of likely N-dealkylation sites (tertiary alicyclic amines) is 1. The molecule has 18 heavy (non-hydrogen) atoms. The Morgan fingerprint density at radius 3 is 2.56 bits per heavy atom. The second-order valence-corrected chi connectivity index (χ2v) is 5.77. The smallest absolute Gasteiger partial charge is 0.0608 e. The zero-order valence-electron chi connectivity index (χ0n) is 12.0. The highest BCUT2D eigenvalue weighted by atomic mass is 16.5. The predicted molar refractivity (Wildman–Crippen MR) is 74.6 cm³/mol. The molecule has 0 spiro atoms. The van der Waals surface area contributed by atoms with Crippen molar-refractivity contribution in [2.45, 2.75) is 57.6 Å². The first-order chi connectivity index (χ1) is 8.57. The van der Waals surface area contributed by atoms with Crippen LogP contribution in [0.25, 0.3) is 0 Å². The fraction of sp³-hybridized carbons (Fsp3) is 1.00. The quantitative estimate of drug-likeness (QED) is 0.646. The summed E-state index contributed by atoms with van der Waals surface area (Å²) in [6.45, 7) is 8.36. The number of hydrogen-bond acceptors (Lipinski definition) is 4. The molecule has 1 aliphatic rings. The molecule has 0 aromatic heterocycles. The van der Waals surface area contributed by atoms with Gasteiger partial charge in [0.15, 0.2) is 0 Å². The van der Waals surface area contributed by atoms with Gasteiger partial charge >= 0.3 is 0 Å². The van der Waals surface area contributed by atoms with Crippen molar-refractivity contribution in [3.8, 4) is 0 Å². The molecule has 1 aliphatic heterocycles. The second kappa shape index (κ2) is 8.10. The first-order valence-corrected chi connectivity index (χ1v) is 7.31. The lowest BCUT2D eigenvalue weighted by Gasteiger charge is -2.32. The average molecular weight is 258 g/mol. The number of piperidine rings is 1. The Labute approximate surface area is 111 Å². The lowest BCUT2D eigenvalue weighted by atomic mass is 9.97. The Hall–Kier alpha value is -0.160. The highest BCUT2D eigenvalue weighted by Crippen LogP contribution is 2.15. The molecule has 1 saturated heterocycles. The third kappa shape index (κ3) is 6.14. The van der Waals surface area contributed by atoms with E-state index in [2.05, 4.69) is 11.8 Å². The second-order valence-electron chi connectivity index (χ2n) is 5.77. The third-order valence-corrected chi connectivity index (χ3v) is 3.77. The van der Waals surface area contributed by atoms with Crippen molar-refractivity contribution in [1.82, 2.24) is 4.90 Å². The molecule has 0 aromatic rings. The standard InChI is InChI=1S/C14H30N2O2/c1-3-18-13-6-10-16(11-7-13)9-5-4-8-14(2,15)12-17/h13,17H,3-12,15H2,1-2H3. The van der Waals surface area contributed by atoms with E-state index >= 15 is 0 Å². The van der Waals surface area contributed by atoms with Crippen molar-refractivity contribution in [3.63, 3.8) is 0 Å². The van der Waals surface area contributed by atoms with Crippen molar-refractivity contribution in [2.75, 3.05) is 32.8 Å². The van der Waals surface area contributed by atoms with Gasteiger partial charge < -0.3 is 20.5 Å². The largest absolute Gasteiger partial charge is 0.394 e. The van der Waals surface area contributed by atoms with Gasteiger partial charge in [0.25, 0.3) is 0 Å². The Balaban J connectivity index is 2.04. The number of aliphatic hydroxyl groups is 1. The van der Waals surface area contributed by atoms with Crippen molar-refractivity contribution in [2.24, 2.45) is 5.73 Å². The van der Waals surface area contributed by atoms with E-state index in [1.807, 2.05) is 6.92 Å². The highest BCUT2D eigenvalue weighted by Gasteiger charge is 2.19. The molecule has 4 heteroatoms. The predicted octanol–water partition coefficient (Wildman–Crippen LogP) is 1.37. The molecule has 4 nitrogen and oxygen atoms in total. The summed E-state index contributed by atoms with van der Waals surface area (Å²) < 4.78 is 5.65. The number of nitrogens with zero attached hydrogens (tertiary/aromatic N) is 1. The Morgan fingerprint density at radius 2 is 2.00 bits per heavy atom. The number of unbranched alkanes of at least 4 members (excludes halogenated alkanes) is 1. The van der Waals surface area contributed by atoms with E-state index in [0.29, 0.717) is 6.10 Å². The maximum atomic E-state index is 9.07. The van der Waals surface area contributed by atoms with Crippen LogP contribution >= 0.6 is 0 Å². The summed E-state index contributed by atoms with van der Waals surface area (Å²) in [6, 6.07) is 0. The summed E-state index contributed by atoms with van der Waals surface area (Å²) in [5.41, 5.74) is 5.51. The minimum atomic E-state index is -0.401. The lowest BCUT2D eigenvalue weighted by molar-refractivity contribution is 0.0139. The van der Waals surface area contributed by atoms with Crippen LogP contribution in [0, 0.1) is 0 Å². The number of ether oxygens (including phenoxy) is 1. The van der Waals surface area contributed by atoms with E-state index in [4.69, 9.17) is 15.6 Å². The third-order valence-electron chi connectivity index (χ3n) is 3.77. The molecule has 1 rings (SSSR count). The van der Waals surface area contributed by atoms with Gasteiger partial charge in [0.05, 0.1) is 12.7 Å². The number of rotatable bonds is 8. The summed E-state index contributed by atoms with van der Waals surface area (Å²) in [4.78, 5) is 2.52. The zero-order chi connectivity index (χ0) is 13.4. The van der Waals surface area contributed by atoms with Crippen LogP contribution in [-0.2, 0) is 4.74 Å². The molecule has 1 fully saturated rings. The average Bonchev–Trinajstić information content (AvgIpc) is 2.37. The van der Waals surface area contributed by atoms with E-state index in [1.54, 1.807) is 0 Å². The Morgan fingerprint density at radius 1 is 1.33 bits per heavy atom. The van der Waals surface area contributed by atoms with Gasteiger partial charge in [-0.3, -0.25) is 0 Å². The van der Waals surface area contributed by atoms with E-state index in [0.717, 1.165) is 39.1 Å². The molecule has 108 valence electrons. The van der Waals surface area contributed by atoms with Gasteiger partial charge in [0, 0.05) is 25.2 Å². The summed E-state index contributed by atoms with van der Waals surface area (Å²) >= 11 is 0. The van der Waals surface area contributed by atoms with Gasteiger partial charge in [-0.25, -0.2) is 0 Å². The topological polar surface area (TPSA) is 58.7 Å². The maximum Gasteiger partial charge on any atom is 0.0608 e. The van der Waals surface area contributed by atoms with E-state index in [9.17, 15) is 0 Å². The number of nitrogens with two attached hydrogens (primary N) is 1. The molecule has 0 bridgehead atoms. The molecule has 0 aromatic carbocycles. The van der Waals surface area contributed by atoms with Gasteiger partial charge in [-0.15, -0.1) is 0 Å². The fourth-order valence-corrected chi connectivity index (χ4v) is 2.48. The maximum absolute atomic E-state index is 9.07. The molecule has 0 radical (unpaired) electrons. The highest BCUT2D eigenvalue weighted by molar-refractivity contribution is 4.77. The van der Waals surface area contributed by atoms with Crippen LogP contribution in [0.5, 0.6) is 0 Å². The van der Waals surface area contributed by atoms with Gasteiger partial charge in [-0.05, 0) is 46.1 Å². The summed E-state index contributed by atoms with van der Waals surface area (Å²) in [5.74, 6) is 0. The van der Waals surface area contributed by atoms with Crippen LogP contribution in [-0.4, -0.2) is 54.5 Å². The number of hydrogen-bond donors (Lipinski definition) is 2. The SMILES string of the molecule is CCOC1CCN(CCCCC(C)(N)CO)CC1. The summed E-state index contributed by atoms with van der Waals surface area (Å²) in [5, 5.41) is 9.07. The molecular weight excluding hydrogens is 228 g/mol. The van der Waals surface area contributed by atoms with Gasteiger partial charge in [-0.2, -0.15) is 0 Å². The molecule has 0 aliphatic carbocycles. The van der Waals surface area contributed by atoms with Crippen molar-refractivity contribution in [3.05, 3.63) is 0 Å². The fourth-order valence-electron chi connectivity index (χ4n) is 2.48. The summed E-state index contributed by atoms with van der Waals surface area (Å²) in [7, 11) is 0. The molecule has 1 atom stereocenters. The monoisotopic (exact) mass is 258 g/mol. The van der Waals surface area contributed by atoms with Gasteiger partial charge in [-0.1, -0.05) is 6.42 Å². The Kier molecular flexibility index (Phi) is 7.15. The van der Waals surface area contributed by atoms with Crippen LogP contribution in [0.2, 0.25) is 0 Å². The van der Waals surface area contributed by atoms with E-state index in [1.165, 1.54) is 19.3 Å². The molecule has 3 N–H and O–H groups in total. The Bertz CT molecular complexity index is 214. The van der Waals surface area contributed by atoms with Crippen LogP contribution in [0.1, 0.15) is 46.0 Å². The first-order valence-electron chi connectivity index (χ1n) is 7.31. The molecule has 1 heterocycles. The number of aliphatic hydroxyl groups excluding tert-OH is 1. The molecule has 1 unspecified atom stereocenters. The molecule has 0 amide bonds. The van der Waals surface area contributed by atoms with Crippen LogP contribution in [0.15, 0.2) is 0 Å². The minimum absolute atomic E-state index is 0.0761. The van der Waals surface area contributed by atoms with Crippen molar-refractivity contribution < 1.29 is 9.84 Å². The van der Waals surface area contributed by atoms with Crippen molar-refractivity contribution in [1.29, 1.82) is 0 Å². The van der Waals surface area contributed by atoms with Crippen LogP contribution < -0.4 is 5.73 Å². The lowest BCUT2D eigenvalue weighted by Crippen LogP contribution is -2.40.